The molecule has 8 heteroatoms. The van der Waals surface area contributed by atoms with Gasteiger partial charge in [-0.2, -0.15) is 0 Å². The van der Waals surface area contributed by atoms with Gasteiger partial charge < -0.3 is 19.7 Å². The van der Waals surface area contributed by atoms with Crippen LogP contribution < -0.4 is 0 Å². The highest BCUT2D eigenvalue weighted by Gasteiger charge is 2.86. The minimum absolute atomic E-state index is 0.0762. The molecule has 3 aliphatic carbocycles. The zero-order valence-corrected chi connectivity index (χ0v) is 14.2. The van der Waals surface area contributed by atoms with Crippen molar-refractivity contribution in [3.05, 3.63) is 22.2 Å². The maximum absolute atomic E-state index is 10.3. The summed E-state index contributed by atoms with van der Waals surface area (Å²) in [6, 6.07) is 0. The zero-order valence-electron chi connectivity index (χ0n) is 11.2. The third-order valence-electron chi connectivity index (χ3n) is 4.91. The van der Waals surface area contributed by atoms with Crippen molar-refractivity contribution in [1.82, 2.24) is 0 Å². The number of alkyl halides is 2. The van der Waals surface area contributed by atoms with Crippen molar-refractivity contribution < 1.29 is 19.7 Å². The first kappa shape index (κ1) is 16.3. The molecule has 3 rings (SSSR count). The quantitative estimate of drug-likeness (QED) is 0.441. The van der Waals surface area contributed by atoms with E-state index in [4.69, 9.17) is 55.9 Å². The number of halogens is 4. The summed E-state index contributed by atoms with van der Waals surface area (Å²) in [6.45, 7) is 0. The standard InChI is InChI=1S/C13H14Cl4O4/c1-20-13(21-2)11(16)7-5(18)3-4-6(19)8(7)12(13,17)10(15)9(11)14/h3-8,18-19H,1-2H3/t5-,6+,7-,8?,11-,12+/m1/s1. The van der Waals surface area contributed by atoms with E-state index >= 15 is 0 Å². The first-order chi connectivity index (χ1) is 9.74. The summed E-state index contributed by atoms with van der Waals surface area (Å²) in [5.41, 5.74) is 0. The minimum atomic E-state index is -1.60. The summed E-state index contributed by atoms with van der Waals surface area (Å²) in [4.78, 5) is -2.99. The maximum Gasteiger partial charge on any atom is 0.217 e. The van der Waals surface area contributed by atoms with Crippen LogP contribution in [0.2, 0.25) is 0 Å². The summed E-state index contributed by atoms with van der Waals surface area (Å²) in [5, 5.41) is 20.9. The van der Waals surface area contributed by atoms with Crippen molar-refractivity contribution in [2.75, 3.05) is 14.2 Å². The van der Waals surface area contributed by atoms with Crippen molar-refractivity contribution >= 4 is 46.4 Å². The van der Waals surface area contributed by atoms with Crippen LogP contribution in [-0.4, -0.2) is 52.2 Å². The number of rotatable bonds is 2. The maximum atomic E-state index is 10.3. The Hall–Kier alpha value is 0.480. The number of methoxy groups -OCH3 is 2. The Labute approximate surface area is 142 Å². The van der Waals surface area contributed by atoms with Crippen LogP contribution in [0.4, 0.5) is 0 Å². The van der Waals surface area contributed by atoms with Crippen molar-refractivity contribution in [2.45, 2.75) is 27.7 Å². The van der Waals surface area contributed by atoms with E-state index in [0.717, 1.165) is 0 Å². The van der Waals surface area contributed by atoms with Gasteiger partial charge in [0.2, 0.25) is 5.79 Å². The van der Waals surface area contributed by atoms with E-state index in [1.54, 1.807) is 0 Å². The fourth-order valence-corrected chi connectivity index (χ4v) is 6.41. The van der Waals surface area contributed by atoms with E-state index in [-0.39, 0.29) is 10.1 Å². The molecule has 3 aliphatic rings. The van der Waals surface area contributed by atoms with E-state index in [9.17, 15) is 10.2 Å². The topological polar surface area (TPSA) is 58.9 Å². The van der Waals surface area contributed by atoms with Gasteiger partial charge in [0.25, 0.3) is 0 Å². The van der Waals surface area contributed by atoms with Crippen LogP contribution in [0.3, 0.4) is 0 Å². The molecule has 21 heavy (non-hydrogen) atoms. The third kappa shape index (κ3) is 1.45. The molecule has 1 unspecified atom stereocenters. The van der Waals surface area contributed by atoms with Crippen molar-refractivity contribution in [3.63, 3.8) is 0 Å². The van der Waals surface area contributed by atoms with Gasteiger partial charge >= 0.3 is 0 Å². The number of aliphatic hydroxyl groups is 2. The number of ether oxygens (including phenoxy) is 2. The van der Waals surface area contributed by atoms with E-state index in [0.29, 0.717) is 0 Å². The van der Waals surface area contributed by atoms with Crippen LogP contribution in [0.15, 0.2) is 22.2 Å². The van der Waals surface area contributed by atoms with Gasteiger partial charge in [-0.3, -0.25) is 0 Å². The van der Waals surface area contributed by atoms with Gasteiger partial charge in [-0.05, 0) is 0 Å². The molecule has 1 saturated carbocycles. The summed E-state index contributed by atoms with van der Waals surface area (Å²) in [7, 11) is 2.75. The van der Waals surface area contributed by atoms with Gasteiger partial charge in [0, 0.05) is 26.1 Å². The summed E-state index contributed by atoms with van der Waals surface area (Å²) >= 11 is 26.2. The molecular weight excluding hydrogens is 362 g/mol. The second-order valence-electron chi connectivity index (χ2n) is 5.49. The van der Waals surface area contributed by atoms with E-state index in [1.807, 2.05) is 0 Å². The molecule has 0 saturated heterocycles. The highest BCUT2D eigenvalue weighted by Crippen LogP contribution is 2.75. The first-order valence-electron chi connectivity index (χ1n) is 6.32. The van der Waals surface area contributed by atoms with Gasteiger partial charge in [-0.1, -0.05) is 35.4 Å². The van der Waals surface area contributed by atoms with Crippen molar-refractivity contribution in [1.29, 1.82) is 0 Å². The van der Waals surface area contributed by atoms with Crippen LogP contribution in [0.1, 0.15) is 0 Å². The van der Waals surface area contributed by atoms with Crippen molar-refractivity contribution in [3.8, 4) is 0 Å². The van der Waals surface area contributed by atoms with E-state index in [1.165, 1.54) is 26.4 Å². The Balaban J connectivity index is 2.34. The lowest BCUT2D eigenvalue weighted by Gasteiger charge is -2.41. The number of hydrogen-bond donors (Lipinski definition) is 2. The van der Waals surface area contributed by atoms with Crippen LogP contribution in [-0.2, 0) is 9.47 Å². The minimum Gasteiger partial charge on any atom is -0.389 e. The lowest BCUT2D eigenvalue weighted by atomic mass is 9.72. The monoisotopic (exact) mass is 374 g/mol. The predicted molar refractivity (Wildman–Crippen MR) is 80.8 cm³/mol. The molecule has 118 valence electrons. The molecule has 0 aromatic heterocycles. The average Bonchev–Trinajstić information content (AvgIpc) is 2.72. The van der Waals surface area contributed by atoms with Crippen LogP contribution in [0.25, 0.3) is 0 Å². The summed E-state index contributed by atoms with van der Waals surface area (Å²) < 4.78 is 11.0. The third-order valence-corrected chi connectivity index (χ3v) is 7.56. The first-order valence-corrected chi connectivity index (χ1v) is 7.84. The van der Waals surface area contributed by atoms with E-state index < -0.39 is 39.6 Å². The fourth-order valence-electron chi connectivity index (χ4n) is 4.14. The highest BCUT2D eigenvalue weighted by atomic mass is 35.5. The predicted octanol–water partition coefficient (Wildman–Crippen LogP) is 2.17. The smallest absolute Gasteiger partial charge is 0.217 e. The Morgan fingerprint density at radius 1 is 0.905 bits per heavy atom. The molecular formula is C13H14Cl4O4. The lowest BCUT2D eigenvalue weighted by Crippen LogP contribution is -2.58. The molecule has 0 spiro atoms. The largest absolute Gasteiger partial charge is 0.389 e. The molecule has 2 bridgehead atoms. The number of fused-ring (bicyclic) bond motifs is 5. The Bertz CT molecular complexity index is 504. The SMILES string of the molecule is COC1(OC)[C@@]2(Cl)C(Cl)=C(Cl)[C@]1(Cl)[C@H]1C2[C@@H](O)C=C[C@H]1O. The number of hydrogen-bond acceptors (Lipinski definition) is 4. The molecule has 6 atom stereocenters. The van der Waals surface area contributed by atoms with Gasteiger partial charge in [-0.15, -0.1) is 23.2 Å². The van der Waals surface area contributed by atoms with Crippen LogP contribution in [0, 0.1) is 11.8 Å². The number of aliphatic hydroxyl groups excluding tert-OH is 2. The highest BCUT2D eigenvalue weighted by molar-refractivity contribution is 6.52. The molecule has 0 aromatic rings. The average molecular weight is 376 g/mol. The van der Waals surface area contributed by atoms with Crippen molar-refractivity contribution in [2.24, 2.45) is 11.8 Å². The Kier molecular flexibility index (Phi) is 3.69. The van der Waals surface area contributed by atoms with Crippen LogP contribution >= 0.6 is 46.4 Å². The fraction of sp³-hybridized carbons (Fsp3) is 0.692. The second kappa shape index (κ2) is 4.74. The van der Waals surface area contributed by atoms with Gasteiger partial charge in [0.1, 0.15) is 9.75 Å². The molecule has 0 aliphatic heterocycles. The Morgan fingerprint density at radius 3 is 1.52 bits per heavy atom. The van der Waals surface area contributed by atoms with Gasteiger partial charge in [-0.25, -0.2) is 0 Å². The molecule has 0 radical (unpaired) electrons. The van der Waals surface area contributed by atoms with Crippen LogP contribution in [0.5, 0.6) is 0 Å². The van der Waals surface area contributed by atoms with Gasteiger partial charge in [0.15, 0.2) is 0 Å². The normalized spacial score (nSPS) is 50.7. The second-order valence-corrected chi connectivity index (χ2v) is 7.44. The molecule has 4 nitrogen and oxygen atoms in total. The molecule has 0 amide bonds. The molecule has 1 fully saturated rings. The zero-order chi connectivity index (χ0) is 15.8. The lowest BCUT2D eigenvalue weighted by molar-refractivity contribution is -0.222. The summed E-state index contributed by atoms with van der Waals surface area (Å²) in [5.74, 6) is -3.00. The molecule has 2 N–H and O–H groups in total. The summed E-state index contributed by atoms with van der Waals surface area (Å²) in [6.07, 6.45) is 1.01. The van der Waals surface area contributed by atoms with Gasteiger partial charge in [0.05, 0.1) is 22.3 Å². The Morgan fingerprint density at radius 2 is 1.24 bits per heavy atom. The molecule has 0 aromatic carbocycles. The molecule has 0 heterocycles. The van der Waals surface area contributed by atoms with E-state index in [2.05, 4.69) is 0 Å².